The standard InChI is InChI=1S/C15H20N4S/c1-15(14(16)17)6-8-19(9-7-15)10-13-18-11-4-2-3-5-12(11)20-13/h2-5H,6-10H2,1H3,(H3,16,17). The largest absolute Gasteiger partial charge is 0.387 e. The highest BCUT2D eigenvalue weighted by Crippen LogP contribution is 2.32. The van der Waals surface area contributed by atoms with Crippen molar-refractivity contribution in [2.45, 2.75) is 26.3 Å². The summed E-state index contributed by atoms with van der Waals surface area (Å²) in [6, 6.07) is 8.28. The summed E-state index contributed by atoms with van der Waals surface area (Å²) >= 11 is 1.78. The van der Waals surface area contributed by atoms with Gasteiger partial charge in [0.05, 0.1) is 22.6 Å². The summed E-state index contributed by atoms with van der Waals surface area (Å²) in [7, 11) is 0. The molecule has 2 aromatic rings. The van der Waals surface area contributed by atoms with E-state index in [0.717, 1.165) is 38.0 Å². The molecule has 1 aromatic carbocycles. The number of nitrogens with one attached hydrogen (secondary N) is 1. The smallest absolute Gasteiger partial charge is 0.108 e. The molecular formula is C15H20N4S. The fourth-order valence-electron chi connectivity index (χ4n) is 2.65. The van der Waals surface area contributed by atoms with E-state index in [-0.39, 0.29) is 5.41 Å². The third kappa shape index (κ3) is 2.55. The predicted octanol–water partition coefficient (Wildman–Crippen LogP) is 2.83. The number of hydrogen-bond acceptors (Lipinski definition) is 4. The lowest BCUT2D eigenvalue weighted by molar-refractivity contribution is 0.156. The van der Waals surface area contributed by atoms with Gasteiger partial charge in [-0.2, -0.15) is 0 Å². The molecule has 0 radical (unpaired) electrons. The molecule has 3 rings (SSSR count). The molecule has 1 aliphatic heterocycles. The maximum absolute atomic E-state index is 7.69. The first-order chi connectivity index (χ1) is 9.57. The van der Waals surface area contributed by atoms with Crippen molar-refractivity contribution in [3.8, 4) is 0 Å². The van der Waals surface area contributed by atoms with Crippen LogP contribution in [0.2, 0.25) is 0 Å². The Morgan fingerprint density at radius 2 is 2.10 bits per heavy atom. The molecule has 0 aliphatic carbocycles. The lowest BCUT2D eigenvalue weighted by atomic mass is 9.79. The number of thiazole rings is 1. The molecule has 0 atom stereocenters. The average Bonchev–Trinajstić information content (AvgIpc) is 2.83. The van der Waals surface area contributed by atoms with Crippen LogP contribution in [0.1, 0.15) is 24.8 Å². The highest BCUT2D eigenvalue weighted by atomic mass is 32.1. The van der Waals surface area contributed by atoms with Gasteiger partial charge in [0.1, 0.15) is 5.01 Å². The zero-order chi connectivity index (χ0) is 14.2. The second kappa shape index (κ2) is 5.14. The van der Waals surface area contributed by atoms with Crippen molar-refractivity contribution in [2.75, 3.05) is 13.1 Å². The van der Waals surface area contributed by atoms with Gasteiger partial charge in [0.2, 0.25) is 0 Å². The number of piperidine rings is 1. The minimum Gasteiger partial charge on any atom is -0.387 e. The van der Waals surface area contributed by atoms with Crippen LogP contribution in [0.5, 0.6) is 0 Å². The molecule has 20 heavy (non-hydrogen) atoms. The van der Waals surface area contributed by atoms with Gasteiger partial charge < -0.3 is 5.73 Å². The third-order valence-electron chi connectivity index (χ3n) is 4.31. The Hall–Kier alpha value is -1.46. The molecule has 5 heteroatoms. The number of fused-ring (bicyclic) bond motifs is 1. The van der Waals surface area contributed by atoms with Gasteiger partial charge in [0.15, 0.2) is 0 Å². The first kappa shape index (κ1) is 13.5. The Labute approximate surface area is 123 Å². The van der Waals surface area contributed by atoms with E-state index >= 15 is 0 Å². The maximum atomic E-state index is 7.69. The van der Waals surface area contributed by atoms with Gasteiger partial charge in [0.25, 0.3) is 0 Å². The van der Waals surface area contributed by atoms with Crippen LogP contribution in [0, 0.1) is 10.8 Å². The summed E-state index contributed by atoms with van der Waals surface area (Å²) in [5.41, 5.74) is 6.69. The monoisotopic (exact) mass is 288 g/mol. The van der Waals surface area contributed by atoms with Crippen LogP contribution < -0.4 is 5.73 Å². The molecule has 4 nitrogen and oxygen atoms in total. The van der Waals surface area contributed by atoms with Crippen LogP contribution in [-0.4, -0.2) is 28.8 Å². The van der Waals surface area contributed by atoms with Crippen molar-refractivity contribution in [3.63, 3.8) is 0 Å². The summed E-state index contributed by atoms with van der Waals surface area (Å²) < 4.78 is 1.26. The third-order valence-corrected chi connectivity index (χ3v) is 5.33. The average molecular weight is 288 g/mol. The Balaban J connectivity index is 1.66. The van der Waals surface area contributed by atoms with E-state index in [9.17, 15) is 0 Å². The number of aromatic nitrogens is 1. The first-order valence-electron chi connectivity index (χ1n) is 6.98. The van der Waals surface area contributed by atoms with E-state index in [2.05, 4.69) is 35.0 Å². The van der Waals surface area contributed by atoms with Crippen molar-refractivity contribution in [2.24, 2.45) is 11.1 Å². The van der Waals surface area contributed by atoms with E-state index in [0.29, 0.717) is 5.84 Å². The zero-order valence-electron chi connectivity index (χ0n) is 11.7. The van der Waals surface area contributed by atoms with E-state index in [1.54, 1.807) is 11.3 Å². The van der Waals surface area contributed by atoms with Gasteiger partial charge in [-0.15, -0.1) is 11.3 Å². The highest BCUT2D eigenvalue weighted by Gasteiger charge is 2.32. The maximum Gasteiger partial charge on any atom is 0.108 e. The van der Waals surface area contributed by atoms with Crippen LogP contribution in [-0.2, 0) is 6.54 Å². The molecule has 1 saturated heterocycles. The van der Waals surface area contributed by atoms with Gasteiger partial charge in [-0.25, -0.2) is 4.98 Å². The second-order valence-corrected chi connectivity index (χ2v) is 6.94. The molecule has 0 amide bonds. The summed E-state index contributed by atoms with van der Waals surface area (Å²) in [5, 5.41) is 8.87. The molecule has 0 saturated carbocycles. The number of nitrogens with zero attached hydrogens (tertiary/aromatic N) is 2. The van der Waals surface area contributed by atoms with E-state index in [4.69, 9.17) is 11.1 Å². The number of benzene rings is 1. The van der Waals surface area contributed by atoms with Gasteiger partial charge >= 0.3 is 0 Å². The topological polar surface area (TPSA) is 66.0 Å². The van der Waals surface area contributed by atoms with E-state index < -0.39 is 0 Å². The van der Waals surface area contributed by atoms with Crippen molar-refractivity contribution < 1.29 is 0 Å². The molecule has 0 bridgehead atoms. The summed E-state index contributed by atoms with van der Waals surface area (Å²) in [6.45, 7) is 5.00. The number of likely N-dealkylation sites (tertiary alicyclic amines) is 1. The molecular weight excluding hydrogens is 268 g/mol. The number of amidine groups is 1. The number of nitrogens with two attached hydrogens (primary N) is 1. The second-order valence-electron chi connectivity index (χ2n) is 5.83. The lowest BCUT2D eigenvalue weighted by Gasteiger charge is -2.38. The molecule has 106 valence electrons. The van der Waals surface area contributed by atoms with Crippen molar-refractivity contribution in [1.82, 2.24) is 9.88 Å². The van der Waals surface area contributed by atoms with E-state index in [1.807, 2.05) is 6.07 Å². The van der Waals surface area contributed by atoms with Crippen LogP contribution >= 0.6 is 11.3 Å². The zero-order valence-corrected chi connectivity index (χ0v) is 12.5. The molecule has 1 aliphatic rings. The van der Waals surface area contributed by atoms with Crippen LogP contribution in [0.25, 0.3) is 10.2 Å². The van der Waals surface area contributed by atoms with E-state index in [1.165, 1.54) is 9.71 Å². The molecule has 0 unspecified atom stereocenters. The van der Waals surface area contributed by atoms with Crippen molar-refractivity contribution in [1.29, 1.82) is 5.41 Å². The minimum atomic E-state index is -0.107. The number of para-hydroxylation sites is 1. The van der Waals surface area contributed by atoms with Gasteiger partial charge in [-0.05, 0) is 38.1 Å². The molecule has 1 fully saturated rings. The molecule has 0 spiro atoms. The first-order valence-corrected chi connectivity index (χ1v) is 7.80. The SMILES string of the molecule is CC1(C(=N)N)CCN(Cc2nc3ccccc3s2)CC1. The fourth-order valence-corrected chi connectivity index (χ4v) is 3.66. The molecule has 3 N–H and O–H groups in total. The quantitative estimate of drug-likeness (QED) is 0.674. The predicted molar refractivity (Wildman–Crippen MR) is 84.2 cm³/mol. The summed E-state index contributed by atoms with van der Waals surface area (Å²) in [4.78, 5) is 7.11. The highest BCUT2D eigenvalue weighted by molar-refractivity contribution is 7.18. The minimum absolute atomic E-state index is 0.107. The number of rotatable bonds is 3. The van der Waals surface area contributed by atoms with Gasteiger partial charge in [0, 0.05) is 5.41 Å². The Kier molecular flexibility index (Phi) is 3.48. The Morgan fingerprint density at radius 3 is 2.75 bits per heavy atom. The van der Waals surface area contributed by atoms with Crippen LogP contribution in [0.15, 0.2) is 24.3 Å². The molecule has 2 heterocycles. The molecule has 1 aromatic heterocycles. The normalized spacial score (nSPS) is 19.2. The summed E-state index contributed by atoms with van der Waals surface area (Å²) in [6.07, 6.45) is 1.93. The van der Waals surface area contributed by atoms with Crippen molar-refractivity contribution >= 4 is 27.4 Å². The van der Waals surface area contributed by atoms with Crippen molar-refractivity contribution in [3.05, 3.63) is 29.3 Å². The van der Waals surface area contributed by atoms with Crippen LogP contribution in [0.3, 0.4) is 0 Å². The Morgan fingerprint density at radius 1 is 1.40 bits per heavy atom. The Bertz CT molecular complexity index is 593. The fraction of sp³-hybridized carbons (Fsp3) is 0.467. The number of hydrogen-bond donors (Lipinski definition) is 2. The summed E-state index contributed by atoms with van der Waals surface area (Å²) in [5.74, 6) is 0.331. The van der Waals surface area contributed by atoms with Crippen LogP contribution in [0.4, 0.5) is 0 Å². The lowest BCUT2D eigenvalue weighted by Crippen LogP contribution is -2.44. The van der Waals surface area contributed by atoms with Gasteiger partial charge in [-0.3, -0.25) is 10.3 Å². The van der Waals surface area contributed by atoms with Gasteiger partial charge in [-0.1, -0.05) is 19.1 Å².